The molecule has 1 aromatic heterocycles. The van der Waals surface area contributed by atoms with Crippen LogP contribution in [0.5, 0.6) is 0 Å². The number of rotatable bonds is 7. The van der Waals surface area contributed by atoms with Crippen LogP contribution in [0, 0.1) is 5.82 Å². The number of carbonyl (C=O) groups excluding carboxylic acids is 2. The summed E-state index contributed by atoms with van der Waals surface area (Å²) in [7, 11) is 0. The minimum atomic E-state index is -0.373. The minimum Gasteiger partial charge on any atom is -0.293 e. The van der Waals surface area contributed by atoms with Gasteiger partial charge in [0.25, 0.3) is 0 Å². The van der Waals surface area contributed by atoms with Gasteiger partial charge in [0.2, 0.25) is 11.0 Å². The molecule has 8 heteroatoms. The molecule has 132 valence electrons. The molecule has 0 N–H and O–H groups in total. The molecule has 2 aromatic rings. The third kappa shape index (κ3) is 4.24. The second kappa shape index (κ2) is 7.61. The fraction of sp³-hybridized carbons (Fsp3) is 0.412. The first-order valence-electron chi connectivity index (χ1n) is 8.11. The van der Waals surface area contributed by atoms with Gasteiger partial charge in [-0.25, -0.2) is 4.39 Å². The quantitative estimate of drug-likeness (QED) is 0.414. The molecule has 0 bridgehead atoms. The summed E-state index contributed by atoms with van der Waals surface area (Å²) in [6, 6.07) is 5.75. The Morgan fingerprint density at radius 1 is 1.32 bits per heavy atom. The minimum absolute atomic E-state index is 0.0469. The number of ketones is 1. The van der Waals surface area contributed by atoms with Crippen LogP contribution >= 0.6 is 23.1 Å². The van der Waals surface area contributed by atoms with Crippen LogP contribution in [0.15, 0.2) is 28.6 Å². The van der Waals surface area contributed by atoms with Gasteiger partial charge in [-0.1, -0.05) is 30.0 Å². The summed E-state index contributed by atoms with van der Waals surface area (Å²) in [6.07, 6.45) is 2.42. The summed E-state index contributed by atoms with van der Waals surface area (Å²) in [5, 5.41) is 8.48. The first kappa shape index (κ1) is 18.0. The smallest absolute Gasteiger partial charge is 0.228 e. The van der Waals surface area contributed by atoms with E-state index in [9.17, 15) is 14.0 Å². The molecule has 0 aliphatic heterocycles. The monoisotopic (exact) mass is 379 g/mol. The van der Waals surface area contributed by atoms with Gasteiger partial charge in [-0.2, -0.15) is 0 Å². The molecule has 1 heterocycles. The first-order chi connectivity index (χ1) is 12.0. The summed E-state index contributed by atoms with van der Waals surface area (Å²) in [4.78, 5) is 26.3. The summed E-state index contributed by atoms with van der Waals surface area (Å²) >= 11 is 2.63. The first-order valence-corrected chi connectivity index (χ1v) is 9.81. The largest absolute Gasteiger partial charge is 0.293 e. The number of halogens is 1. The average molecular weight is 379 g/mol. The molecule has 1 aliphatic carbocycles. The van der Waals surface area contributed by atoms with E-state index in [4.69, 9.17) is 0 Å². The van der Waals surface area contributed by atoms with E-state index in [-0.39, 0.29) is 28.8 Å². The molecular weight excluding hydrogens is 361 g/mol. The van der Waals surface area contributed by atoms with Gasteiger partial charge in [-0.15, -0.1) is 10.2 Å². The van der Waals surface area contributed by atoms with Gasteiger partial charge >= 0.3 is 0 Å². The highest BCUT2D eigenvalue weighted by Crippen LogP contribution is 2.37. The second-order valence-corrected chi connectivity index (χ2v) is 8.37. The number of hydrogen-bond acceptors (Lipinski definition) is 6. The van der Waals surface area contributed by atoms with Crippen LogP contribution in [0.25, 0.3) is 0 Å². The molecular formula is C17H18FN3O2S2. The second-order valence-electron chi connectivity index (χ2n) is 5.83. The van der Waals surface area contributed by atoms with Crippen LogP contribution < -0.4 is 4.90 Å². The number of hydrogen-bond donors (Lipinski definition) is 0. The Hall–Kier alpha value is -1.80. The molecule has 1 saturated carbocycles. The normalized spacial score (nSPS) is 15.0. The van der Waals surface area contributed by atoms with Crippen molar-refractivity contribution in [2.75, 3.05) is 4.90 Å². The number of Topliss-reactive ketones (excluding diaryl/α,β-unsaturated/α-hetero) is 1. The fourth-order valence-electron chi connectivity index (χ4n) is 2.37. The summed E-state index contributed by atoms with van der Waals surface area (Å²) in [5.41, 5.74) is 0.465. The van der Waals surface area contributed by atoms with Crippen LogP contribution in [0.4, 0.5) is 9.52 Å². The van der Waals surface area contributed by atoms with E-state index in [1.54, 1.807) is 11.8 Å². The molecule has 1 amide bonds. The van der Waals surface area contributed by atoms with Crippen LogP contribution in [0.2, 0.25) is 0 Å². The number of carbonyl (C=O) groups is 2. The van der Waals surface area contributed by atoms with Gasteiger partial charge in [0.1, 0.15) is 5.82 Å². The molecule has 1 fully saturated rings. The third-order valence-electron chi connectivity index (χ3n) is 3.86. The van der Waals surface area contributed by atoms with E-state index >= 15 is 0 Å². The summed E-state index contributed by atoms with van der Waals surface area (Å²) in [5.74, 6) is -0.414. The van der Waals surface area contributed by atoms with Crippen molar-refractivity contribution in [3.8, 4) is 0 Å². The van der Waals surface area contributed by atoms with E-state index in [1.807, 2.05) is 6.92 Å². The van der Waals surface area contributed by atoms with Crippen molar-refractivity contribution in [2.45, 2.75) is 48.7 Å². The molecule has 5 nitrogen and oxygen atoms in total. The summed E-state index contributed by atoms with van der Waals surface area (Å²) in [6.45, 7) is 3.62. The Labute approximate surface area is 153 Å². The number of benzene rings is 1. The van der Waals surface area contributed by atoms with E-state index in [1.165, 1.54) is 47.4 Å². The number of aromatic nitrogens is 2. The Balaban J connectivity index is 1.69. The lowest BCUT2D eigenvalue weighted by molar-refractivity contribution is -0.118. The van der Waals surface area contributed by atoms with Crippen LogP contribution in [0.3, 0.4) is 0 Å². The van der Waals surface area contributed by atoms with Gasteiger partial charge in [-0.05, 0) is 44.0 Å². The molecule has 0 saturated heterocycles. The van der Waals surface area contributed by atoms with Gasteiger partial charge < -0.3 is 0 Å². The summed E-state index contributed by atoms with van der Waals surface area (Å²) < 4.78 is 13.6. The molecule has 0 unspecified atom stereocenters. The van der Waals surface area contributed by atoms with Crippen LogP contribution in [0.1, 0.15) is 43.5 Å². The maximum absolute atomic E-state index is 13.0. The van der Waals surface area contributed by atoms with Crippen LogP contribution in [-0.4, -0.2) is 33.2 Å². The highest BCUT2D eigenvalue weighted by molar-refractivity contribution is 8.02. The van der Waals surface area contributed by atoms with Gasteiger partial charge in [0.05, 0.1) is 5.25 Å². The maximum Gasteiger partial charge on any atom is 0.228 e. The van der Waals surface area contributed by atoms with Crippen molar-refractivity contribution < 1.29 is 14.0 Å². The Bertz CT molecular complexity index is 774. The highest BCUT2D eigenvalue weighted by atomic mass is 32.2. The Morgan fingerprint density at radius 2 is 2.00 bits per heavy atom. The average Bonchev–Trinajstić information content (AvgIpc) is 3.34. The zero-order valence-electron chi connectivity index (χ0n) is 13.9. The number of thioether (sulfide) groups is 1. The van der Waals surface area contributed by atoms with E-state index in [0.717, 1.165) is 12.8 Å². The zero-order chi connectivity index (χ0) is 18.0. The lowest BCUT2D eigenvalue weighted by Gasteiger charge is -2.17. The molecule has 1 aromatic carbocycles. The number of amides is 1. The van der Waals surface area contributed by atoms with Gasteiger partial charge in [0.15, 0.2) is 10.1 Å². The molecule has 0 radical (unpaired) electrons. The Kier molecular flexibility index (Phi) is 5.48. The number of nitrogens with zero attached hydrogens (tertiary/aromatic N) is 3. The van der Waals surface area contributed by atoms with Crippen LogP contribution in [-0.2, 0) is 4.79 Å². The fourth-order valence-corrected chi connectivity index (χ4v) is 4.52. The maximum atomic E-state index is 13.0. The zero-order valence-corrected chi connectivity index (χ0v) is 15.6. The highest BCUT2D eigenvalue weighted by Gasteiger charge is 2.35. The third-order valence-corrected chi connectivity index (χ3v) is 5.97. The predicted octanol–water partition coefficient (Wildman–Crippen LogP) is 3.95. The SMILES string of the molecule is CCC(=O)N(c1nnc(S[C@@H](C)C(=O)c2ccc(F)cc2)s1)C1CC1. The van der Waals surface area contributed by atoms with Crippen molar-refractivity contribution in [2.24, 2.45) is 0 Å². The van der Waals surface area contributed by atoms with E-state index < -0.39 is 0 Å². The lowest BCUT2D eigenvalue weighted by Crippen LogP contribution is -2.32. The standard InChI is InChI=1S/C17H18FN3O2S2/c1-3-14(22)21(13-8-9-13)16-19-20-17(25-16)24-10(2)15(23)11-4-6-12(18)7-5-11/h4-7,10,13H,3,8-9H2,1-2H3/t10-/m0/s1. The van der Waals surface area contributed by atoms with E-state index in [0.29, 0.717) is 21.5 Å². The van der Waals surface area contributed by atoms with Crippen molar-refractivity contribution in [3.63, 3.8) is 0 Å². The number of anilines is 1. The van der Waals surface area contributed by atoms with Crippen molar-refractivity contribution in [1.29, 1.82) is 0 Å². The molecule has 0 spiro atoms. The van der Waals surface area contributed by atoms with Crippen molar-refractivity contribution in [3.05, 3.63) is 35.6 Å². The molecule has 1 aliphatic rings. The van der Waals surface area contributed by atoms with Gasteiger partial charge in [-0.3, -0.25) is 14.5 Å². The van der Waals surface area contributed by atoms with Crippen molar-refractivity contribution in [1.82, 2.24) is 10.2 Å². The van der Waals surface area contributed by atoms with Crippen molar-refractivity contribution >= 4 is 39.9 Å². The molecule has 25 heavy (non-hydrogen) atoms. The topological polar surface area (TPSA) is 63.2 Å². The molecule has 1 atom stereocenters. The van der Waals surface area contributed by atoms with E-state index in [2.05, 4.69) is 10.2 Å². The lowest BCUT2D eigenvalue weighted by atomic mass is 10.1. The molecule has 3 rings (SSSR count). The van der Waals surface area contributed by atoms with Gasteiger partial charge in [0, 0.05) is 18.0 Å². The Morgan fingerprint density at radius 3 is 2.60 bits per heavy atom. The predicted molar refractivity (Wildman–Crippen MR) is 96.8 cm³/mol.